The van der Waals surface area contributed by atoms with Crippen molar-refractivity contribution in [1.29, 1.82) is 0 Å². The fourth-order valence-electron chi connectivity index (χ4n) is 2.72. The minimum absolute atomic E-state index is 0.162. The fraction of sp³-hybridized carbons (Fsp3) is 0.562. The summed E-state index contributed by atoms with van der Waals surface area (Å²) in [5.41, 5.74) is 0.162. The Balaban J connectivity index is 2.15. The molecule has 2 N–H and O–H groups in total. The van der Waals surface area contributed by atoms with Crippen LogP contribution in [0.1, 0.15) is 37.0 Å². The van der Waals surface area contributed by atoms with E-state index < -0.39 is 5.82 Å². The van der Waals surface area contributed by atoms with Gasteiger partial charge in [-0.15, -0.1) is 0 Å². The average Bonchev–Trinajstić information content (AvgIpc) is 2.89. The molecule has 1 aromatic carbocycles. The van der Waals surface area contributed by atoms with E-state index >= 15 is 0 Å². The van der Waals surface area contributed by atoms with Crippen molar-refractivity contribution < 1.29 is 14.3 Å². The Hall–Kier alpha value is -1.62. The molecule has 1 amide bonds. The van der Waals surface area contributed by atoms with E-state index in [9.17, 15) is 14.3 Å². The molecule has 1 atom stereocenters. The highest BCUT2D eigenvalue weighted by molar-refractivity contribution is 5.96. The molecule has 0 aliphatic carbocycles. The third-order valence-electron chi connectivity index (χ3n) is 3.67. The lowest BCUT2D eigenvalue weighted by Crippen LogP contribution is -2.42. The quantitative estimate of drug-likeness (QED) is 0.876. The molecule has 1 fully saturated rings. The van der Waals surface area contributed by atoms with E-state index in [1.165, 1.54) is 12.1 Å². The topological polar surface area (TPSA) is 52.6 Å². The monoisotopic (exact) mass is 294 g/mol. The third kappa shape index (κ3) is 4.17. The minimum atomic E-state index is -0.545. The van der Waals surface area contributed by atoms with Crippen molar-refractivity contribution in [2.75, 3.05) is 19.6 Å². The Labute approximate surface area is 125 Å². The van der Waals surface area contributed by atoms with Crippen LogP contribution in [0.15, 0.2) is 18.2 Å². The molecule has 1 unspecified atom stereocenters. The van der Waals surface area contributed by atoms with Crippen molar-refractivity contribution >= 4 is 5.91 Å². The first-order chi connectivity index (χ1) is 9.97. The van der Waals surface area contributed by atoms with E-state index in [1.807, 2.05) is 13.8 Å². The van der Waals surface area contributed by atoms with Crippen LogP contribution in [0.25, 0.3) is 0 Å². The molecule has 2 rings (SSSR count). The van der Waals surface area contributed by atoms with Gasteiger partial charge in [0, 0.05) is 25.2 Å². The van der Waals surface area contributed by atoms with Crippen molar-refractivity contribution in [1.82, 2.24) is 10.2 Å². The largest absolute Gasteiger partial charge is 0.507 e. The van der Waals surface area contributed by atoms with Crippen LogP contribution in [-0.4, -0.2) is 41.6 Å². The predicted molar refractivity (Wildman–Crippen MR) is 79.8 cm³/mol. The van der Waals surface area contributed by atoms with Crippen LogP contribution in [0.4, 0.5) is 4.39 Å². The van der Waals surface area contributed by atoms with E-state index in [1.54, 1.807) is 4.90 Å². The van der Waals surface area contributed by atoms with Crippen LogP contribution in [0.5, 0.6) is 5.75 Å². The Bertz CT molecular complexity index is 499. The number of nitrogens with zero attached hydrogens (tertiary/aromatic N) is 1. The number of nitrogens with one attached hydrogen (secondary N) is 1. The summed E-state index contributed by atoms with van der Waals surface area (Å²) >= 11 is 0. The standard InChI is InChI=1S/C16H23FN2O2/c1-11(2)9-19(10-13-4-3-7-18-13)16(21)14-6-5-12(17)8-15(14)20/h5-6,8,11,13,18,20H,3-4,7,9-10H2,1-2H3. The number of phenolic OH excluding ortho intramolecular Hbond substituents is 1. The highest BCUT2D eigenvalue weighted by atomic mass is 19.1. The number of halogens is 1. The van der Waals surface area contributed by atoms with Gasteiger partial charge in [-0.3, -0.25) is 4.79 Å². The molecule has 1 heterocycles. The van der Waals surface area contributed by atoms with Crippen molar-refractivity contribution in [3.63, 3.8) is 0 Å². The zero-order valence-electron chi connectivity index (χ0n) is 12.6. The number of amides is 1. The second-order valence-electron chi connectivity index (χ2n) is 6.06. The highest BCUT2D eigenvalue weighted by Crippen LogP contribution is 2.21. The maximum absolute atomic E-state index is 13.1. The first-order valence-electron chi connectivity index (χ1n) is 7.48. The number of carbonyl (C=O) groups excluding carboxylic acids is 1. The van der Waals surface area contributed by atoms with Gasteiger partial charge in [0.2, 0.25) is 0 Å². The van der Waals surface area contributed by atoms with E-state index in [0.717, 1.165) is 25.5 Å². The van der Waals surface area contributed by atoms with Gasteiger partial charge in [0.25, 0.3) is 5.91 Å². The molecule has 1 aromatic rings. The first kappa shape index (κ1) is 15.8. The van der Waals surface area contributed by atoms with E-state index in [0.29, 0.717) is 25.0 Å². The molecule has 21 heavy (non-hydrogen) atoms. The molecule has 0 spiro atoms. The maximum atomic E-state index is 13.1. The predicted octanol–water partition coefficient (Wildman–Crippen LogP) is 2.38. The summed E-state index contributed by atoms with van der Waals surface area (Å²) in [6.45, 7) is 6.32. The summed E-state index contributed by atoms with van der Waals surface area (Å²) in [4.78, 5) is 14.4. The molecule has 0 radical (unpaired) electrons. The molecule has 0 saturated carbocycles. The van der Waals surface area contributed by atoms with Crippen LogP contribution in [0, 0.1) is 11.7 Å². The molecule has 0 bridgehead atoms. The normalized spacial score (nSPS) is 18.2. The molecule has 116 valence electrons. The van der Waals surface area contributed by atoms with Crippen LogP contribution < -0.4 is 5.32 Å². The second kappa shape index (κ2) is 6.89. The fourth-order valence-corrected chi connectivity index (χ4v) is 2.72. The summed E-state index contributed by atoms with van der Waals surface area (Å²) in [6.07, 6.45) is 2.17. The molecule has 0 aromatic heterocycles. The third-order valence-corrected chi connectivity index (χ3v) is 3.67. The molecule has 4 nitrogen and oxygen atoms in total. The van der Waals surface area contributed by atoms with Gasteiger partial charge in [0.05, 0.1) is 5.56 Å². The van der Waals surface area contributed by atoms with Crippen LogP contribution in [0.3, 0.4) is 0 Å². The summed E-state index contributed by atoms with van der Waals surface area (Å²) < 4.78 is 13.1. The molecule has 1 saturated heterocycles. The van der Waals surface area contributed by atoms with Crippen LogP contribution in [0.2, 0.25) is 0 Å². The number of phenols is 1. The van der Waals surface area contributed by atoms with Crippen LogP contribution in [-0.2, 0) is 0 Å². The lowest BCUT2D eigenvalue weighted by Gasteiger charge is -2.28. The van der Waals surface area contributed by atoms with Crippen molar-refractivity contribution in [3.05, 3.63) is 29.6 Å². The van der Waals surface area contributed by atoms with E-state index in [2.05, 4.69) is 5.32 Å². The summed E-state index contributed by atoms with van der Waals surface area (Å²) in [6, 6.07) is 3.83. The second-order valence-corrected chi connectivity index (χ2v) is 6.06. The lowest BCUT2D eigenvalue weighted by molar-refractivity contribution is 0.0718. The first-order valence-corrected chi connectivity index (χ1v) is 7.48. The minimum Gasteiger partial charge on any atom is -0.507 e. The average molecular weight is 294 g/mol. The molecular formula is C16H23FN2O2. The lowest BCUT2D eigenvalue weighted by atomic mass is 10.1. The molecule has 1 aliphatic rings. The molecule has 5 heteroatoms. The summed E-state index contributed by atoms with van der Waals surface area (Å²) in [5.74, 6) is -0.752. The van der Waals surface area contributed by atoms with Crippen LogP contribution >= 0.6 is 0 Å². The van der Waals surface area contributed by atoms with Gasteiger partial charge in [-0.1, -0.05) is 13.8 Å². The van der Waals surface area contributed by atoms with E-state index in [-0.39, 0.29) is 17.2 Å². The Kier molecular flexibility index (Phi) is 5.17. The number of aromatic hydroxyl groups is 1. The summed E-state index contributed by atoms with van der Waals surface area (Å²) in [5, 5.41) is 13.2. The van der Waals surface area contributed by atoms with Crippen molar-refractivity contribution in [3.8, 4) is 5.75 Å². The van der Waals surface area contributed by atoms with Gasteiger partial charge in [-0.2, -0.15) is 0 Å². The highest BCUT2D eigenvalue weighted by Gasteiger charge is 2.24. The Morgan fingerprint density at radius 2 is 2.29 bits per heavy atom. The summed E-state index contributed by atoms with van der Waals surface area (Å²) in [7, 11) is 0. The Morgan fingerprint density at radius 1 is 1.52 bits per heavy atom. The van der Waals surface area contributed by atoms with Gasteiger partial charge in [-0.25, -0.2) is 4.39 Å². The molecule has 1 aliphatic heterocycles. The zero-order valence-corrected chi connectivity index (χ0v) is 12.6. The number of benzene rings is 1. The number of carbonyl (C=O) groups is 1. The van der Waals surface area contributed by atoms with Gasteiger partial charge >= 0.3 is 0 Å². The Morgan fingerprint density at radius 3 is 2.86 bits per heavy atom. The number of hydrogen-bond donors (Lipinski definition) is 2. The number of rotatable bonds is 5. The van der Waals surface area contributed by atoms with Gasteiger partial charge < -0.3 is 15.3 Å². The van der Waals surface area contributed by atoms with Crippen molar-refractivity contribution in [2.45, 2.75) is 32.7 Å². The molecular weight excluding hydrogens is 271 g/mol. The maximum Gasteiger partial charge on any atom is 0.257 e. The van der Waals surface area contributed by atoms with Gasteiger partial charge in [0.15, 0.2) is 0 Å². The SMILES string of the molecule is CC(C)CN(CC1CCCN1)C(=O)c1ccc(F)cc1O. The van der Waals surface area contributed by atoms with Crippen molar-refractivity contribution in [2.24, 2.45) is 5.92 Å². The van der Waals surface area contributed by atoms with Gasteiger partial charge in [-0.05, 0) is 37.4 Å². The number of hydrogen-bond acceptors (Lipinski definition) is 3. The smallest absolute Gasteiger partial charge is 0.257 e. The van der Waals surface area contributed by atoms with Gasteiger partial charge in [0.1, 0.15) is 11.6 Å². The van der Waals surface area contributed by atoms with E-state index in [4.69, 9.17) is 0 Å². The zero-order chi connectivity index (χ0) is 15.4.